The molecule has 2 aromatic carbocycles. The number of nitrogens with one attached hydrogen (secondary N) is 1. The molecule has 0 heterocycles. The summed E-state index contributed by atoms with van der Waals surface area (Å²) in [6.07, 6.45) is 0.613. The van der Waals surface area contributed by atoms with Crippen molar-refractivity contribution in [3.63, 3.8) is 0 Å². The smallest absolute Gasteiger partial charge is 0.275 e. The van der Waals surface area contributed by atoms with E-state index in [1.165, 1.54) is 18.2 Å². The van der Waals surface area contributed by atoms with Crippen LogP contribution < -0.4 is 5.43 Å². The first-order valence-corrected chi connectivity index (χ1v) is 7.38. The Morgan fingerprint density at radius 1 is 1.18 bits per heavy atom. The number of rotatable bonds is 4. The fourth-order valence-corrected chi connectivity index (χ4v) is 2.25. The average molecular weight is 337 g/mol. The Morgan fingerprint density at radius 2 is 1.91 bits per heavy atom. The zero-order valence-corrected chi connectivity index (χ0v) is 13.3. The highest BCUT2D eigenvalue weighted by atomic mass is 35.5. The SMILES string of the molecule is CC/C(=N\NC(=O)c1cc(Cl)ccc1O)c1cccc(Cl)c1. The molecule has 0 saturated carbocycles. The number of amides is 1. The second-order valence-electron chi connectivity index (χ2n) is 4.52. The number of aromatic hydroxyl groups is 1. The molecule has 0 aliphatic rings. The van der Waals surface area contributed by atoms with Gasteiger partial charge in [0.15, 0.2) is 0 Å². The summed E-state index contributed by atoms with van der Waals surface area (Å²) in [6, 6.07) is 11.4. The van der Waals surface area contributed by atoms with E-state index in [2.05, 4.69) is 10.5 Å². The second-order valence-corrected chi connectivity index (χ2v) is 5.40. The van der Waals surface area contributed by atoms with Crippen LogP contribution in [0.15, 0.2) is 47.6 Å². The van der Waals surface area contributed by atoms with Gasteiger partial charge in [0.05, 0.1) is 11.3 Å². The Kier molecular flexibility index (Phi) is 5.41. The maximum atomic E-state index is 12.1. The molecular formula is C16H14Cl2N2O2. The topological polar surface area (TPSA) is 61.7 Å². The van der Waals surface area contributed by atoms with Crippen molar-refractivity contribution in [3.8, 4) is 5.75 Å². The summed E-state index contributed by atoms with van der Waals surface area (Å²) in [4.78, 5) is 12.1. The first-order valence-electron chi connectivity index (χ1n) is 6.62. The quantitative estimate of drug-likeness (QED) is 0.647. The average Bonchev–Trinajstić information content (AvgIpc) is 2.50. The van der Waals surface area contributed by atoms with Crippen LogP contribution in [0.3, 0.4) is 0 Å². The molecule has 0 aliphatic carbocycles. The fraction of sp³-hybridized carbons (Fsp3) is 0.125. The summed E-state index contributed by atoms with van der Waals surface area (Å²) in [6.45, 7) is 1.92. The van der Waals surface area contributed by atoms with Gasteiger partial charge in [0.25, 0.3) is 5.91 Å². The molecule has 4 nitrogen and oxygen atoms in total. The van der Waals surface area contributed by atoms with Gasteiger partial charge in [-0.25, -0.2) is 5.43 Å². The second kappa shape index (κ2) is 7.29. The van der Waals surface area contributed by atoms with E-state index in [4.69, 9.17) is 23.2 Å². The van der Waals surface area contributed by atoms with E-state index in [0.29, 0.717) is 22.2 Å². The van der Waals surface area contributed by atoms with Crippen LogP contribution in [0.25, 0.3) is 0 Å². The van der Waals surface area contributed by atoms with Crippen LogP contribution in [-0.4, -0.2) is 16.7 Å². The number of hydrogen-bond donors (Lipinski definition) is 2. The summed E-state index contributed by atoms with van der Waals surface area (Å²) in [7, 11) is 0. The van der Waals surface area contributed by atoms with Crippen molar-refractivity contribution < 1.29 is 9.90 Å². The molecule has 0 aliphatic heterocycles. The Bertz CT molecular complexity index is 730. The Labute approximate surface area is 138 Å². The molecule has 6 heteroatoms. The van der Waals surface area contributed by atoms with Gasteiger partial charge in [0.1, 0.15) is 5.75 Å². The maximum Gasteiger partial charge on any atom is 0.275 e. The third-order valence-electron chi connectivity index (χ3n) is 2.99. The predicted molar refractivity (Wildman–Crippen MR) is 88.9 cm³/mol. The lowest BCUT2D eigenvalue weighted by atomic mass is 10.1. The summed E-state index contributed by atoms with van der Waals surface area (Å²) >= 11 is 11.8. The summed E-state index contributed by atoms with van der Waals surface area (Å²) in [5.74, 6) is -0.689. The summed E-state index contributed by atoms with van der Waals surface area (Å²) in [5, 5.41) is 14.8. The number of benzene rings is 2. The van der Waals surface area contributed by atoms with E-state index in [1.807, 2.05) is 19.1 Å². The Balaban J connectivity index is 2.21. The summed E-state index contributed by atoms with van der Waals surface area (Å²) in [5.41, 5.74) is 3.99. The van der Waals surface area contributed by atoms with E-state index in [1.54, 1.807) is 12.1 Å². The molecule has 0 spiro atoms. The molecular weight excluding hydrogens is 323 g/mol. The number of phenolic OH excluding ortho intramolecular Hbond substituents is 1. The molecule has 2 N–H and O–H groups in total. The van der Waals surface area contributed by atoms with E-state index < -0.39 is 5.91 Å². The minimum Gasteiger partial charge on any atom is -0.507 e. The fourth-order valence-electron chi connectivity index (χ4n) is 1.88. The molecule has 0 radical (unpaired) electrons. The van der Waals surface area contributed by atoms with E-state index >= 15 is 0 Å². The molecule has 0 atom stereocenters. The van der Waals surface area contributed by atoms with Gasteiger partial charge in [-0.2, -0.15) is 5.10 Å². The van der Waals surface area contributed by atoms with Gasteiger partial charge >= 0.3 is 0 Å². The van der Waals surface area contributed by atoms with Gasteiger partial charge in [0.2, 0.25) is 0 Å². The van der Waals surface area contributed by atoms with Crippen LogP contribution in [0.1, 0.15) is 29.3 Å². The maximum absolute atomic E-state index is 12.1. The van der Waals surface area contributed by atoms with Crippen LogP contribution >= 0.6 is 23.2 Å². The van der Waals surface area contributed by atoms with Crippen molar-refractivity contribution in [2.75, 3.05) is 0 Å². The molecule has 0 saturated heterocycles. The summed E-state index contributed by atoms with van der Waals surface area (Å²) < 4.78 is 0. The monoisotopic (exact) mass is 336 g/mol. The molecule has 22 heavy (non-hydrogen) atoms. The van der Waals surface area contributed by atoms with Gasteiger partial charge in [-0.05, 0) is 42.3 Å². The van der Waals surface area contributed by atoms with Crippen LogP contribution in [0.2, 0.25) is 10.0 Å². The minimum absolute atomic E-state index is 0.0674. The highest BCUT2D eigenvalue weighted by Crippen LogP contribution is 2.21. The van der Waals surface area contributed by atoms with Crippen molar-refractivity contribution in [1.29, 1.82) is 0 Å². The molecule has 0 bridgehead atoms. The van der Waals surface area contributed by atoms with Gasteiger partial charge in [-0.15, -0.1) is 0 Å². The molecule has 2 aromatic rings. The number of nitrogens with zero attached hydrogens (tertiary/aromatic N) is 1. The molecule has 114 valence electrons. The highest BCUT2D eigenvalue weighted by Gasteiger charge is 2.11. The lowest BCUT2D eigenvalue weighted by Crippen LogP contribution is -2.20. The largest absolute Gasteiger partial charge is 0.507 e. The van der Waals surface area contributed by atoms with Crippen molar-refractivity contribution in [3.05, 3.63) is 63.6 Å². The van der Waals surface area contributed by atoms with Gasteiger partial charge in [0, 0.05) is 10.0 Å². The molecule has 1 amide bonds. The lowest BCUT2D eigenvalue weighted by Gasteiger charge is -2.07. The normalized spacial score (nSPS) is 11.3. The predicted octanol–water partition coefficient (Wildman–Crippen LogP) is 4.24. The zero-order valence-electron chi connectivity index (χ0n) is 11.8. The minimum atomic E-state index is -0.534. The number of hydrazone groups is 1. The van der Waals surface area contributed by atoms with Crippen LogP contribution in [0.4, 0.5) is 0 Å². The van der Waals surface area contributed by atoms with E-state index in [9.17, 15) is 9.90 Å². The Hall–Kier alpha value is -2.04. The first kappa shape index (κ1) is 16.3. The van der Waals surface area contributed by atoms with Crippen molar-refractivity contribution in [1.82, 2.24) is 5.43 Å². The molecule has 0 aromatic heterocycles. The number of phenols is 1. The molecule has 0 unspecified atom stereocenters. The van der Waals surface area contributed by atoms with Crippen molar-refractivity contribution in [2.24, 2.45) is 5.10 Å². The first-order chi connectivity index (χ1) is 10.5. The van der Waals surface area contributed by atoms with Crippen LogP contribution in [0.5, 0.6) is 5.75 Å². The van der Waals surface area contributed by atoms with Crippen LogP contribution in [-0.2, 0) is 0 Å². The number of carbonyl (C=O) groups excluding carboxylic acids is 1. The van der Waals surface area contributed by atoms with E-state index in [-0.39, 0.29) is 11.3 Å². The standard InChI is InChI=1S/C16H14Cl2N2O2/c1-2-14(10-4-3-5-11(17)8-10)19-20-16(22)13-9-12(18)6-7-15(13)21/h3-9,21H,2H2,1H3,(H,20,22)/b19-14+. The van der Waals surface area contributed by atoms with Crippen molar-refractivity contribution in [2.45, 2.75) is 13.3 Å². The number of hydrogen-bond acceptors (Lipinski definition) is 3. The highest BCUT2D eigenvalue weighted by molar-refractivity contribution is 6.31. The molecule has 0 fully saturated rings. The Morgan fingerprint density at radius 3 is 2.59 bits per heavy atom. The third-order valence-corrected chi connectivity index (χ3v) is 3.46. The van der Waals surface area contributed by atoms with E-state index in [0.717, 1.165) is 5.56 Å². The lowest BCUT2D eigenvalue weighted by molar-refractivity contribution is 0.0952. The van der Waals surface area contributed by atoms with Crippen LogP contribution in [0, 0.1) is 0 Å². The van der Waals surface area contributed by atoms with Gasteiger partial charge in [-0.1, -0.05) is 42.3 Å². The van der Waals surface area contributed by atoms with Gasteiger partial charge < -0.3 is 5.11 Å². The molecule has 2 rings (SSSR count). The number of carbonyl (C=O) groups is 1. The van der Waals surface area contributed by atoms with Crippen molar-refractivity contribution >= 4 is 34.8 Å². The third kappa shape index (κ3) is 4.00. The number of halogens is 2. The zero-order chi connectivity index (χ0) is 16.1. The van der Waals surface area contributed by atoms with Gasteiger partial charge in [-0.3, -0.25) is 4.79 Å².